The molecular formula is C23H26ClN5O3S. The van der Waals surface area contributed by atoms with Gasteiger partial charge >= 0.3 is 0 Å². The molecule has 33 heavy (non-hydrogen) atoms. The van der Waals surface area contributed by atoms with Crippen LogP contribution in [0.1, 0.15) is 41.9 Å². The van der Waals surface area contributed by atoms with E-state index in [0.717, 1.165) is 47.3 Å². The van der Waals surface area contributed by atoms with Gasteiger partial charge in [-0.25, -0.2) is 12.7 Å². The van der Waals surface area contributed by atoms with Crippen LogP contribution in [0.3, 0.4) is 0 Å². The fourth-order valence-electron chi connectivity index (χ4n) is 3.83. The zero-order valence-electron chi connectivity index (χ0n) is 18.6. The smallest absolute Gasteiger partial charge is 0.257 e. The Hall–Kier alpha value is -2.75. The van der Waals surface area contributed by atoms with Gasteiger partial charge in [-0.3, -0.25) is 4.79 Å². The van der Waals surface area contributed by atoms with Crippen LogP contribution >= 0.6 is 11.6 Å². The Bertz CT molecular complexity index is 1270. The van der Waals surface area contributed by atoms with Crippen molar-refractivity contribution >= 4 is 33.2 Å². The van der Waals surface area contributed by atoms with Crippen LogP contribution in [0.5, 0.6) is 0 Å². The maximum atomic E-state index is 12.8. The van der Waals surface area contributed by atoms with E-state index >= 15 is 0 Å². The molecule has 0 radical (unpaired) electrons. The van der Waals surface area contributed by atoms with Gasteiger partial charge in [-0.1, -0.05) is 24.4 Å². The second-order valence-electron chi connectivity index (χ2n) is 8.22. The van der Waals surface area contributed by atoms with Gasteiger partial charge < -0.3 is 9.88 Å². The Labute approximate surface area is 198 Å². The van der Waals surface area contributed by atoms with Crippen LogP contribution < -0.4 is 5.32 Å². The second kappa shape index (κ2) is 9.62. The van der Waals surface area contributed by atoms with Crippen LogP contribution in [0.15, 0.2) is 47.4 Å². The predicted molar refractivity (Wildman–Crippen MR) is 128 cm³/mol. The highest BCUT2D eigenvalue weighted by molar-refractivity contribution is 7.89. The van der Waals surface area contributed by atoms with Gasteiger partial charge in [-0.2, -0.15) is 0 Å². The molecule has 10 heteroatoms. The number of halogens is 1. The Kier molecular flexibility index (Phi) is 6.83. The van der Waals surface area contributed by atoms with E-state index in [-0.39, 0.29) is 15.5 Å². The monoisotopic (exact) mass is 487 g/mol. The van der Waals surface area contributed by atoms with Crippen molar-refractivity contribution in [3.8, 4) is 11.4 Å². The zero-order chi connectivity index (χ0) is 23.6. The summed E-state index contributed by atoms with van der Waals surface area (Å²) in [6, 6.07) is 11.4. The average Bonchev–Trinajstić information content (AvgIpc) is 3.15. The van der Waals surface area contributed by atoms with Crippen LogP contribution in [0.4, 0.5) is 5.69 Å². The lowest BCUT2D eigenvalue weighted by atomic mass is 10.1. The lowest BCUT2D eigenvalue weighted by molar-refractivity contribution is 0.102. The summed E-state index contributed by atoms with van der Waals surface area (Å²) in [6.45, 7) is 0.904. The molecule has 0 unspecified atom stereocenters. The summed E-state index contributed by atoms with van der Waals surface area (Å²) in [5.41, 5.74) is 1.57. The summed E-state index contributed by atoms with van der Waals surface area (Å²) >= 11 is 6.18. The summed E-state index contributed by atoms with van der Waals surface area (Å²) in [6.07, 6.45) is 5.61. The van der Waals surface area contributed by atoms with Crippen molar-refractivity contribution in [2.75, 3.05) is 19.4 Å². The number of aryl methyl sites for hydroxylation is 1. The van der Waals surface area contributed by atoms with Crippen molar-refractivity contribution in [1.82, 2.24) is 19.1 Å². The standard InChI is InChI=1S/C23H26ClN5O3S/c1-28(2)33(31,32)18-12-13-20(24)19(15-18)23(30)25-17-10-8-16(9-11-17)22-27-26-21-7-5-3-4-6-14-29(21)22/h8-13,15H,3-7,14H2,1-2H3,(H,25,30). The lowest BCUT2D eigenvalue weighted by Gasteiger charge is -2.14. The summed E-state index contributed by atoms with van der Waals surface area (Å²) < 4.78 is 28.1. The number of nitrogens with one attached hydrogen (secondary N) is 1. The molecule has 0 atom stereocenters. The Morgan fingerprint density at radius 1 is 1.03 bits per heavy atom. The molecule has 4 rings (SSSR count). The van der Waals surface area contributed by atoms with Crippen molar-refractivity contribution in [1.29, 1.82) is 0 Å². The highest BCUT2D eigenvalue weighted by Gasteiger charge is 2.21. The van der Waals surface area contributed by atoms with Gasteiger partial charge in [0, 0.05) is 38.3 Å². The van der Waals surface area contributed by atoms with E-state index in [9.17, 15) is 13.2 Å². The number of carbonyl (C=O) groups excluding carboxylic acids is 1. The molecule has 0 fully saturated rings. The van der Waals surface area contributed by atoms with Crippen LogP contribution in [0, 0.1) is 0 Å². The number of amides is 1. The third-order valence-electron chi connectivity index (χ3n) is 5.72. The second-order valence-corrected chi connectivity index (χ2v) is 10.8. The molecule has 0 saturated heterocycles. The Morgan fingerprint density at radius 3 is 2.48 bits per heavy atom. The van der Waals surface area contributed by atoms with Crippen molar-refractivity contribution in [2.24, 2.45) is 0 Å². The van der Waals surface area contributed by atoms with Crippen LogP contribution in [-0.2, 0) is 23.0 Å². The first-order chi connectivity index (χ1) is 15.8. The van der Waals surface area contributed by atoms with Crippen molar-refractivity contribution in [3.63, 3.8) is 0 Å². The molecule has 0 aliphatic carbocycles. The largest absolute Gasteiger partial charge is 0.322 e. The summed E-state index contributed by atoms with van der Waals surface area (Å²) in [4.78, 5) is 12.8. The molecule has 8 nitrogen and oxygen atoms in total. The van der Waals surface area contributed by atoms with E-state index in [0.29, 0.717) is 5.69 Å². The number of sulfonamides is 1. The number of carbonyl (C=O) groups is 1. The Balaban J connectivity index is 1.54. The van der Waals surface area contributed by atoms with Gasteiger partial charge in [0.15, 0.2) is 5.82 Å². The SMILES string of the molecule is CN(C)S(=O)(=O)c1ccc(Cl)c(C(=O)Nc2ccc(-c3nnc4n3CCCCCC4)cc2)c1. The van der Waals surface area contributed by atoms with E-state index in [4.69, 9.17) is 11.6 Å². The third-order valence-corrected chi connectivity index (χ3v) is 7.86. The van der Waals surface area contributed by atoms with Gasteiger partial charge in [0.25, 0.3) is 5.91 Å². The molecule has 3 aromatic rings. The number of aromatic nitrogens is 3. The molecular weight excluding hydrogens is 462 g/mol. The van der Waals surface area contributed by atoms with Gasteiger partial charge in [0.05, 0.1) is 15.5 Å². The molecule has 1 aliphatic heterocycles. The van der Waals surface area contributed by atoms with Crippen molar-refractivity contribution < 1.29 is 13.2 Å². The van der Waals surface area contributed by atoms with E-state index in [2.05, 4.69) is 20.1 Å². The molecule has 2 aromatic carbocycles. The predicted octanol–water partition coefficient (Wildman–Crippen LogP) is 4.22. The molecule has 0 saturated carbocycles. The number of rotatable bonds is 5. The first-order valence-electron chi connectivity index (χ1n) is 10.8. The van der Waals surface area contributed by atoms with Gasteiger partial charge in [0.2, 0.25) is 10.0 Å². The fourth-order valence-corrected chi connectivity index (χ4v) is 4.96. The maximum Gasteiger partial charge on any atom is 0.257 e. The summed E-state index contributed by atoms with van der Waals surface area (Å²) in [5, 5.41) is 11.7. The van der Waals surface area contributed by atoms with Crippen molar-refractivity contribution in [2.45, 2.75) is 43.5 Å². The molecule has 0 bridgehead atoms. The normalized spacial score (nSPS) is 14.4. The summed E-state index contributed by atoms with van der Waals surface area (Å²) in [5.74, 6) is 1.36. The third kappa shape index (κ3) is 4.95. The minimum Gasteiger partial charge on any atom is -0.322 e. The van der Waals surface area contributed by atoms with E-state index in [1.54, 1.807) is 12.1 Å². The van der Waals surface area contributed by atoms with E-state index in [1.165, 1.54) is 45.1 Å². The van der Waals surface area contributed by atoms with Gasteiger partial charge in [0.1, 0.15) is 5.82 Å². The quantitative estimate of drug-likeness (QED) is 0.581. The van der Waals surface area contributed by atoms with Crippen LogP contribution in [0.25, 0.3) is 11.4 Å². The summed E-state index contributed by atoms with van der Waals surface area (Å²) in [7, 11) is -0.823. The van der Waals surface area contributed by atoms with Crippen LogP contribution in [0.2, 0.25) is 5.02 Å². The lowest BCUT2D eigenvalue weighted by Crippen LogP contribution is -2.23. The minimum atomic E-state index is -3.69. The number of benzene rings is 2. The minimum absolute atomic E-state index is 0.000645. The highest BCUT2D eigenvalue weighted by Crippen LogP contribution is 2.26. The van der Waals surface area contributed by atoms with Crippen LogP contribution in [-0.4, -0.2) is 47.5 Å². The van der Waals surface area contributed by atoms with Gasteiger partial charge in [-0.15, -0.1) is 10.2 Å². The molecule has 0 spiro atoms. The van der Waals surface area contributed by atoms with Crippen molar-refractivity contribution in [3.05, 3.63) is 58.9 Å². The molecule has 1 aliphatic rings. The van der Waals surface area contributed by atoms with E-state index < -0.39 is 15.9 Å². The van der Waals surface area contributed by atoms with Gasteiger partial charge in [-0.05, 0) is 55.3 Å². The zero-order valence-corrected chi connectivity index (χ0v) is 20.2. The molecule has 1 N–H and O–H groups in total. The topological polar surface area (TPSA) is 97.2 Å². The molecule has 1 amide bonds. The number of nitrogens with zero attached hydrogens (tertiary/aromatic N) is 4. The maximum absolute atomic E-state index is 12.8. The molecule has 174 valence electrons. The Morgan fingerprint density at radius 2 is 1.76 bits per heavy atom. The number of anilines is 1. The number of hydrogen-bond acceptors (Lipinski definition) is 5. The molecule has 1 aromatic heterocycles. The molecule has 2 heterocycles. The highest BCUT2D eigenvalue weighted by atomic mass is 35.5. The number of fused-ring (bicyclic) bond motifs is 1. The first kappa shape index (κ1) is 23.4. The van der Waals surface area contributed by atoms with E-state index in [1.807, 2.05) is 12.1 Å². The first-order valence-corrected chi connectivity index (χ1v) is 12.6. The fraction of sp³-hybridized carbons (Fsp3) is 0.348. The number of hydrogen-bond donors (Lipinski definition) is 1. The average molecular weight is 488 g/mol.